The van der Waals surface area contributed by atoms with Gasteiger partial charge in [-0.3, -0.25) is 0 Å². The van der Waals surface area contributed by atoms with Crippen LogP contribution in [0.5, 0.6) is 0 Å². The van der Waals surface area contributed by atoms with Crippen molar-refractivity contribution in [3.63, 3.8) is 0 Å². The third-order valence-electron chi connectivity index (χ3n) is 5.85. The fourth-order valence-electron chi connectivity index (χ4n) is 3.80. The molecule has 0 atom stereocenters. The van der Waals surface area contributed by atoms with Gasteiger partial charge < -0.3 is 18.0 Å². The van der Waals surface area contributed by atoms with Crippen molar-refractivity contribution in [2.45, 2.75) is 122 Å². The zero-order chi connectivity index (χ0) is 21.5. The second-order valence-corrected chi connectivity index (χ2v) is 11.4. The lowest BCUT2D eigenvalue weighted by molar-refractivity contribution is 0.106. The Bertz CT molecular complexity index is 303. The van der Waals surface area contributed by atoms with Crippen molar-refractivity contribution < 1.29 is 18.0 Å². The average molecular weight is 433 g/mol. The summed E-state index contributed by atoms with van der Waals surface area (Å²) in [5, 5.41) is 0. The van der Waals surface area contributed by atoms with E-state index < -0.39 is 8.80 Å². The highest BCUT2D eigenvalue weighted by Crippen LogP contribution is 2.15. The third-order valence-corrected chi connectivity index (χ3v) is 8.68. The van der Waals surface area contributed by atoms with Crippen LogP contribution in [0.3, 0.4) is 0 Å². The fourth-order valence-corrected chi connectivity index (χ4v) is 5.49. The molecule has 0 N–H and O–H groups in total. The Labute approximate surface area is 183 Å². The fraction of sp³-hybridized carbons (Fsp3) is 1.00. The molecule has 0 aromatic rings. The van der Waals surface area contributed by atoms with Crippen LogP contribution in [0.1, 0.15) is 116 Å². The summed E-state index contributed by atoms with van der Waals surface area (Å²) in [6, 6.07) is 0.815. The van der Waals surface area contributed by atoms with Crippen molar-refractivity contribution in [1.82, 2.24) is 0 Å². The predicted molar refractivity (Wildman–Crippen MR) is 127 cm³/mol. The standard InChI is InChI=1S/C24H52O4Si/c1-5-6-7-8-9-10-11-12-13-14-15-16-17-18-19-20-22-28-23-21-24-29(25-2,26-3)27-4/h5-24H2,1-4H3. The van der Waals surface area contributed by atoms with Crippen LogP contribution in [0.25, 0.3) is 0 Å². The Hall–Kier alpha value is 0.0569. The van der Waals surface area contributed by atoms with E-state index in [-0.39, 0.29) is 0 Å². The van der Waals surface area contributed by atoms with E-state index in [1.165, 1.54) is 103 Å². The van der Waals surface area contributed by atoms with Gasteiger partial charge in [0.1, 0.15) is 0 Å². The predicted octanol–water partition coefficient (Wildman–Crippen LogP) is 7.53. The van der Waals surface area contributed by atoms with Crippen molar-refractivity contribution >= 4 is 8.80 Å². The second kappa shape index (κ2) is 22.7. The Morgan fingerprint density at radius 2 is 0.793 bits per heavy atom. The van der Waals surface area contributed by atoms with E-state index in [0.717, 1.165) is 25.7 Å². The first-order valence-corrected chi connectivity index (χ1v) is 14.4. The third kappa shape index (κ3) is 18.5. The number of rotatable bonds is 24. The summed E-state index contributed by atoms with van der Waals surface area (Å²) in [5.41, 5.74) is 0. The van der Waals surface area contributed by atoms with Crippen LogP contribution in [0.2, 0.25) is 6.04 Å². The van der Waals surface area contributed by atoms with Gasteiger partial charge in [-0.15, -0.1) is 0 Å². The van der Waals surface area contributed by atoms with Crippen molar-refractivity contribution in [2.75, 3.05) is 34.5 Å². The minimum atomic E-state index is -2.41. The van der Waals surface area contributed by atoms with E-state index in [2.05, 4.69) is 6.92 Å². The topological polar surface area (TPSA) is 36.9 Å². The molecule has 0 fully saturated rings. The Balaban J connectivity index is 3.17. The van der Waals surface area contributed by atoms with Crippen LogP contribution >= 0.6 is 0 Å². The second-order valence-electron chi connectivity index (χ2n) is 8.31. The maximum atomic E-state index is 5.74. The molecule has 29 heavy (non-hydrogen) atoms. The van der Waals surface area contributed by atoms with Crippen LogP contribution in [-0.2, 0) is 18.0 Å². The summed E-state index contributed by atoms with van der Waals surface area (Å²) >= 11 is 0. The van der Waals surface area contributed by atoms with E-state index in [1.54, 1.807) is 21.3 Å². The molecule has 0 radical (unpaired) electrons. The van der Waals surface area contributed by atoms with Gasteiger partial charge in [0.15, 0.2) is 0 Å². The van der Waals surface area contributed by atoms with Gasteiger partial charge >= 0.3 is 8.80 Å². The van der Waals surface area contributed by atoms with Crippen LogP contribution in [-0.4, -0.2) is 43.3 Å². The number of hydrogen-bond acceptors (Lipinski definition) is 4. The molecule has 176 valence electrons. The van der Waals surface area contributed by atoms with Crippen LogP contribution < -0.4 is 0 Å². The summed E-state index contributed by atoms with van der Waals surface area (Å²) in [6.45, 7) is 3.93. The van der Waals surface area contributed by atoms with Crippen molar-refractivity contribution in [1.29, 1.82) is 0 Å². The molecule has 0 aliphatic heterocycles. The SMILES string of the molecule is CCCCCCCCCCCCCCCCCCOCCC[Si](OC)(OC)OC. The highest BCUT2D eigenvalue weighted by Gasteiger charge is 2.36. The zero-order valence-electron chi connectivity index (χ0n) is 20.3. The lowest BCUT2D eigenvalue weighted by Gasteiger charge is -2.24. The normalized spacial score (nSPS) is 12.0. The summed E-state index contributed by atoms with van der Waals surface area (Å²) in [4.78, 5) is 0. The van der Waals surface area contributed by atoms with Gasteiger partial charge in [0, 0.05) is 40.6 Å². The summed E-state index contributed by atoms with van der Waals surface area (Å²) < 4.78 is 22.0. The first-order chi connectivity index (χ1) is 14.2. The van der Waals surface area contributed by atoms with Crippen molar-refractivity contribution in [3.05, 3.63) is 0 Å². The highest BCUT2D eigenvalue weighted by molar-refractivity contribution is 6.60. The minimum Gasteiger partial charge on any atom is -0.381 e. The molecule has 0 aromatic carbocycles. The Morgan fingerprint density at radius 1 is 0.448 bits per heavy atom. The molecular weight excluding hydrogens is 380 g/mol. The lowest BCUT2D eigenvalue weighted by atomic mass is 10.0. The number of unbranched alkanes of at least 4 members (excludes halogenated alkanes) is 15. The van der Waals surface area contributed by atoms with Crippen LogP contribution in [0.4, 0.5) is 0 Å². The molecule has 0 spiro atoms. The molecule has 0 aliphatic carbocycles. The van der Waals surface area contributed by atoms with Gasteiger partial charge in [-0.05, 0) is 12.8 Å². The summed E-state index contributed by atoms with van der Waals surface area (Å²) in [6.07, 6.45) is 23.4. The van der Waals surface area contributed by atoms with Crippen molar-refractivity contribution in [2.24, 2.45) is 0 Å². The molecule has 4 nitrogen and oxygen atoms in total. The molecule has 0 aromatic heterocycles. The molecule has 0 rings (SSSR count). The molecule has 0 saturated heterocycles. The number of hydrogen-bond donors (Lipinski definition) is 0. The molecule has 5 heteroatoms. The van der Waals surface area contributed by atoms with Gasteiger partial charge in [0.2, 0.25) is 0 Å². The minimum absolute atomic E-state index is 0.767. The molecule has 0 bridgehead atoms. The first-order valence-electron chi connectivity index (χ1n) is 12.5. The van der Waals surface area contributed by atoms with Crippen molar-refractivity contribution in [3.8, 4) is 0 Å². The van der Waals surface area contributed by atoms with Gasteiger partial charge in [-0.1, -0.05) is 103 Å². The van der Waals surface area contributed by atoms with Gasteiger partial charge in [0.25, 0.3) is 0 Å². The summed E-state index contributed by atoms with van der Waals surface area (Å²) in [5.74, 6) is 0. The van der Waals surface area contributed by atoms with Crippen LogP contribution in [0.15, 0.2) is 0 Å². The first kappa shape index (κ1) is 29.1. The van der Waals surface area contributed by atoms with E-state index in [0.29, 0.717) is 0 Å². The Morgan fingerprint density at radius 3 is 1.17 bits per heavy atom. The van der Waals surface area contributed by atoms with E-state index in [4.69, 9.17) is 18.0 Å². The molecular formula is C24H52O4Si. The molecule has 0 aliphatic rings. The Kier molecular flexibility index (Phi) is 22.8. The largest absolute Gasteiger partial charge is 0.500 e. The number of ether oxygens (including phenoxy) is 1. The smallest absolute Gasteiger partial charge is 0.381 e. The van der Waals surface area contributed by atoms with Gasteiger partial charge in [-0.25, -0.2) is 0 Å². The molecule has 0 unspecified atom stereocenters. The summed E-state index contributed by atoms with van der Waals surface area (Å²) in [7, 11) is 2.58. The van der Waals surface area contributed by atoms with Gasteiger partial charge in [-0.2, -0.15) is 0 Å². The average Bonchev–Trinajstić information content (AvgIpc) is 2.75. The van der Waals surface area contributed by atoms with E-state index >= 15 is 0 Å². The maximum Gasteiger partial charge on any atom is 0.500 e. The van der Waals surface area contributed by atoms with E-state index in [9.17, 15) is 0 Å². The molecule has 0 saturated carbocycles. The quantitative estimate of drug-likeness (QED) is 0.117. The van der Waals surface area contributed by atoms with Crippen LogP contribution in [0, 0.1) is 0 Å². The zero-order valence-corrected chi connectivity index (χ0v) is 21.3. The monoisotopic (exact) mass is 432 g/mol. The highest BCUT2D eigenvalue weighted by atomic mass is 28.4. The lowest BCUT2D eigenvalue weighted by Crippen LogP contribution is -2.42. The molecule has 0 heterocycles. The maximum absolute atomic E-state index is 5.74. The van der Waals surface area contributed by atoms with Gasteiger partial charge in [0.05, 0.1) is 0 Å². The molecule has 0 amide bonds. The van der Waals surface area contributed by atoms with E-state index in [1.807, 2.05) is 0 Å².